The van der Waals surface area contributed by atoms with Gasteiger partial charge in [0.1, 0.15) is 0 Å². The summed E-state index contributed by atoms with van der Waals surface area (Å²) in [5.41, 5.74) is 8.04. The van der Waals surface area contributed by atoms with Gasteiger partial charge in [-0.05, 0) is 35.2 Å². The molecule has 3 rings (SSSR count). The minimum atomic E-state index is -0.0591. The normalized spacial score (nSPS) is 10.5. The molecule has 1 aromatic heterocycles. The summed E-state index contributed by atoms with van der Waals surface area (Å²) in [7, 11) is 0. The standard InChI is InChI=1S/C17H15N3O/c18-14-6-4-12(5-7-14)10-17(21)20-16-3-1-2-13-8-9-19-11-15(13)16/h1-9,11H,10,18H2,(H,20,21). The number of fused-ring (bicyclic) bond motifs is 1. The first-order chi connectivity index (χ1) is 10.2. The molecule has 0 aliphatic rings. The van der Waals surface area contributed by atoms with E-state index < -0.39 is 0 Å². The topological polar surface area (TPSA) is 68.0 Å². The molecule has 3 aromatic rings. The summed E-state index contributed by atoms with van der Waals surface area (Å²) in [5, 5.41) is 4.92. The molecule has 0 aliphatic carbocycles. The number of anilines is 2. The van der Waals surface area contributed by atoms with Crippen LogP contribution in [0.5, 0.6) is 0 Å². The van der Waals surface area contributed by atoms with Crippen molar-refractivity contribution in [2.45, 2.75) is 6.42 Å². The van der Waals surface area contributed by atoms with Crippen LogP contribution >= 0.6 is 0 Å². The van der Waals surface area contributed by atoms with Crippen LogP contribution in [0.2, 0.25) is 0 Å². The maximum atomic E-state index is 12.1. The number of carbonyl (C=O) groups excluding carboxylic acids is 1. The molecule has 0 atom stereocenters. The molecule has 0 saturated carbocycles. The fraction of sp³-hybridized carbons (Fsp3) is 0.0588. The fourth-order valence-corrected chi connectivity index (χ4v) is 2.24. The largest absolute Gasteiger partial charge is 0.399 e. The highest BCUT2D eigenvalue weighted by molar-refractivity contribution is 6.02. The van der Waals surface area contributed by atoms with Gasteiger partial charge in [0, 0.05) is 23.5 Å². The Hall–Kier alpha value is -2.88. The van der Waals surface area contributed by atoms with E-state index >= 15 is 0 Å². The van der Waals surface area contributed by atoms with Crippen LogP contribution in [-0.4, -0.2) is 10.9 Å². The zero-order chi connectivity index (χ0) is 14.7. The van der Waals surface area contributed by atoms with Crippen LogP contribution in [0, 0.1) is 0 Å². The monoisotopic (exact) mass is 277 g/mol. The van der Waals surface area contributed by atoms with Gasteiger partial charge in [0.2, 0.25) is 5.91 Å². The van der Waals surface area contributed by atoms with Crippen molar-refractivity contribution < 1.29 is 4.79 Å². The highest BCUT2D eigenvalue weighted by Gasteiger charge is 2.07. The molecule has 3 N–H and O–H groups in total. The van der Waals surface area contributed by atoms with E-state index in [4.69, 9.17) is 5.73 Å². The first kappa shape index (κ1) is 13.1. The predicted molar refractivity (Wildman–Crippen MR) is 84.9 cm³/mol. The van der Waals surface area contributed by atoms with Crippen molar-refractivity contribution in [3.05, 3.63) is 66.5 Å². The molecule has 4 heteroatoms. The third-order valence-electron chi connectivity index (χ3n) is 3.30. The van der Waals surface area contributed by atoms with Crippen LogP contribution in [-0.2, 0) is 11.2 Å². The maximum absolute atomic E-state index is 12.1. The second-order valence-electron chi connectivity index (χ2n) is 4.87. The molecule has 0 aliphatic heterocycles. The van der Waals surface area contributed by atoms with E-state index in [-0.39, 0.29) is 5.91 Å². The van der Waals surface area contributed by atoms with Crippen LogP contribution in [0.4, 0.5) is 11.4 Å². The van der Waals surface area contributed by atoms with Crippen molar-refractivity contribution >= 4 is 28.1 Å². The highest BCUT2D eigenvalue weighted by atomic mass is 16.1. The van der Waals surface area contributed by atoms with Gasteiger partial charge in [-0.15, -0.1) is 0 Å². The Balaban J connectivity index is 1.79. The lowest BCUT2D eigenvalue weighted by Crippen LogP contribution is -2.14. The van der Waals surface area contributed by atoms with Crippen LogP contribution < -0.4 is 11.1 Å². The summed E-state index contributed by atoms with van der Waals surface area (Å²) in [6.45, 7) is 0. The van der Waals surface area contributed by atoms with Gasteiger partial charge in [-0.1, -0.05) is 24.3 Å². The smallest absolute Gasteiger partial charge is 0.228 e. The second-order valence-corrected chi connectivity index (χ2v) is 4.87. The van der Waals surface area contributed by atoms with Gasteiger partial charge in [-0.2, -0.15) is 0 Å². The molecule has 21 heavy (non-hydrogen) atoms. The molecule has 2 aromatic carbocycles. The van der Waals surface area contributed by atoms with Gasteiger partial charge < -0.3 is 11.1 Å². The van der Waals surface area contributed by atoms with E-state index in [1.807, 2.05) is 36.4 Å². The van der Waals surface area contributed by atoms with Crippen molar-refractivity contribution in [3.8, 4) is 0 Å². The van der Waals surface area contributed by atoms with Crippen LogP contribution in [0.1, 0.15) is 5.56 Å². The SMILES string of the molecule is Nc1ccc(CC(=O)Nc2cccc3ccncc23)cc1. The molecule has 104 valence electrons. The lowest BCUT2D eigenvalue weighted by molar-refractivity contribution is -0.115. The first-order valence-corrected chi connectivity index (χ1v) is 6.69. The number of hydrogen-bond donors (Lipinski definition) is 2. The number of aromatic nitrogens is 1. The second kappa shape index (κ2) is 5.63. The van der Waals surface area contributed by atoms with E-state index in [0.717, 1.165) is 22.0 Å². The first-order valence-electron chi connectivity index (χ1n) is 6.69. The number of nitrogens with zero attached hydrogens (tertiary/aromatic N) is 1. The average molecular weight is 277 g/mol. The van der Waals surface area contributed by atoms with Crippen molar-refractivity contribution in [2.75, 3.05) is 11.1 Å². The zero-order valence-electron chi connectivity index (χ0n) is 11.4. The Morgan fingerprint density at radius 3 is 2.71 bits per heavy atom. The minimum Gasteiger partial charge on any atom is -0.399 e. The Labute approximate surface area is 122 Å². The fourth-order valence-electron chi connectivity index (χ4n) is 2.24. The van der Waals surface area contributed by atoms with Gasteiger partial charge in [0.15, 0.2) is 0 Å². The lowest BCUT2D eigenvalue weighted by Gasteiger charge is -2.08. The summed E-state index contributed by atoms with van der Waals surface area (Å²) < 4.78 is 0. The van der Waals surface area contributed by atoms with Crippen molar-refractivity contribution in [3.63, 3.8) is 0 Å². The molecule has 0 bridgehead atoms. The molecule has 0 spiro atoms. The number of nitrogens with one attached hydrogen (secondary N) is 1. The van der Waals surface area contributed by atoms with E-state index in [0.29, 0.717) is 12.1 Å². The number of nitrogens with two attached hydrogens (primary N) is 1. The summed E-state index contributed by atoms with van der Waals surface area (Å²) in [4.78, 5) is 16.3. The number of benzene rings is 2. The van der Waals surface area contributed by atoms with Crippen molar-refractivity contribution in [1.29, 1.82) is 0 Å². The van der Waals surface area contributed by atoms with Gasteiger partial charge in [0.25, 0.3) is 0 Å². The molecule has 4 nitrogen and oxygen atoms in total. The molecular weight excluding hydrogens is 262 g/mol. The lowest BCUT2D eigenvalue weighted by atomic mass is 10.1. The van der Waals surface area contributed by atoms with Gasteiger partial charge in [-0.3, -0.25) is 9.78 Å². The quantitative estimate of drug-likeness (QED) is 0.723. The number of hydrogen-bond acceptors (Lipinski definition) is 3. The predicted octanol–water partition coefficient (Wildman–Crippen LogP) is 3.00. The molecule has 0 unspecified atom stereocenters. The van der Waals surface area contributed by atoms with Crippen LogP contribution in [0.15, 0.2) is 60.9 Å². The third-order valence-corrected chi connectivity index (χ3v) is 3.30. The summed E-state index contributed by atoms with van der Waals surface area (Å²) in [5.74, 6) is -0.0591. The van der Waals surface area contributed by atoms with Crippen molar-refractivity contribution in [1.82, 2.24) is 4.98 Å². The van der Waals surface area contributed by atoms with E-state index in [1.54, 1.807) is 24.5 Å². The Morgan fingerprint density at radius 2 is 1.90 bits per heavy atom. The van der Waals surface area contributed by atoms with Gasteiger partial charge in [0.05, 0.1) is 12.1 Å². The number of nitrogen functional groups attached to an aromatic ring is 1. The Kier molecular flexibility index (Phi) is 3.51. The van der Waals surface area contributed by atoms with Crippen LogP contribution in [0.25, 0.3) is 10.8 Å². The maximum Gasteiger partial charge on any atom is 0.228 e. The van der Waals surface area contributed by atoms with Gasteiger partial charge >= 0.3 is 0 Å². The zero-order valence-corrected chi connectivity index (χ0v) is 11.4. The Bertz CT molecular complexity index is 776. The number of rotatable bonds is 3. The number of pyridine rings is 1. The summed E-state index contributed by atoms with van der Waals surface area (Å²) in [6, 6.07) is 15.0. The number of amides is 1. The summed E-state index contributed by atoms with van der Waals surface area (Å²) in [6.07, 6.45) is 3.81. The molecule has 0 radical (unpaired) electrons. The molecule has 1 amide bonds. The van der Waals surface area contributed by atoms with Gasteiger partial charge in [-0.25, -0.2) is 0 Å². The highest BCUT2D eigenvalue weighted by Crippen LogP contribution is 2.22. The van der Waals surface area contributed by atoms with E-state index in [1.165, 1.54) is 0 Å². The minimum absolute atomic E-state index is 0.0591. The van der Waals surface area contributed by atoms with Crippen molar-refractivity contribution in [2.24, 2.45) is 0 Å². The molecule has 0 saturated heterocycles. The molecular formula is C17H15N3O. The summed E-state index contributed by atoms with van der Waals surface area (Å²) >= 11 is 0. The third kappa shape index (κ3) is 3.00. The number of carbonyl (C=O) groups is 1. The van der Waals surface area contributed by atoms with Crippen LogP contribution in [0.3, 0.4) is 0 Å². The average Bonchev–Trinajstić information content (AvgIpc) is 2.50. The van der Waals surface area contributed by atoms with E-state index in [2.05, 4.69) is 10.3 Å². The molecule has 1 heterocycles. The van der Waals surface area contributed by atoms with E-state index in [9.17, 15) is 4.79 Å². The molecule has 0 fully saturated rings. The Morgan fingerprint density at radius 1 is 1.10 bits per heavy atom.